The molecule has 2 aromatic rings. The van der Waals surface area contributed by atoms with Crippen LogP contribution in [0.2, 0.25) is 0 Å². The highest BCUT2D eigenvalue weighted by Crippen LogP contribution is 2.27. The van der Waals surface area contributed by atoms with Gasteiger partial charge in [-0.05, 0) is 19.1 Å². The third-order valence-electron chi connectivity index (χ3n) is 4.07. The standard InChI is InChI=1S/C15H17N3O4S/c1-10-3-5-11(6-4-10)23(21,22)18-8-7-13-12(9-18)14(15(19)20)16-17(13)2/h3-6H,7-9H2,1-2H3,(H,19,20). The minimum Gasteiger partial charge on any atom is -0.476 e. The molecule has 0 unspecified atom stereocenters. The molecule has 0 bridgehead atoms. The normalized spacial score (nSPS) is 15.4. The van der Waals surface area contributed by atoms with Gasteiger partial charge in [0.05, 0.1) is 4.90 Å². The van der Waals surface area contributed by atoms with E-state index in [-0.39, 0.29) is 17.1 Å². The molecule has 0 aliphatic carbocycles. The number of carbonyl (C=O) groups is 1. The molecule has 1 aliphatic heterocycles. The lowest BCUT2D eigenvalue weighted by Gasteiger charge is -2.26. The van der Waals surface area contributed by atoms with Crippen molar-refractivity contribution in [1.82, 2.24) is 14.1 Å². The van der Waals surface area contributed by atoms with E-state index in [1.807, 2.05) is 6.92 Å². The van der Waals surface area contributed by atoms with Crippen molar-refractivity contribution in [2.24, 2.45) is 7.05 Å². The number of hydrogen-bond acceptors (Lipinski definition) is 4. The number of aromatic carboxylic acids is 1. The lowest BCUT2D eigenvalue weighted by atomic mass is 10.1. The van der Waals surface area contributed by atoms with Crippen LogP contribution < -0.4 is 0 Å². The van der Waals surface area contributed by atoms with E-state index in [2.05, 4.69) is 5.10 Å². The first-order valence-corrected chi connectivity index (χ1v) is 8.59. The zero-order valence-electron chi connectivity index (χ0n) is 12.9. The van der Waals surface area contributed by atoms with Crippen LogP contribution in [0.3, 0.4) is 0 Å². The Morgan fingerprint density at radius 2 is 1.91 bits per heavy atom. The summed E-state index contributed by atoms with van der Waals surface area (Å²) in [7, 11) is -1.98. The highest BCUT2D eigenvalue weighted by Gasteiger charge is 2.33. The number of hydrogen-bond donors (Lipinski definition) is 1. The van der Waals surface area contributed by atoms with Crippen molar-refractivity contribution in [2.45, 2.75) is 24.8 Å². The summed E-state index contributed by atoms with van der Waals surface area (Å²) in [5.74, 6) is -1.14. The Morgan fingerprint density at radius 1 is 1.26 bits per heavy atom. The maximum absolute atomic E-state index is 12.7. The van der Waals surface area contributed by atoms with E-state index in [0.29, 0.717) is 18.5 Å². The lowest BCUT2D eigenvalue weighted by molar-refractivity contribution is 0.0687. The van der Waals surface area contributed by atoms with Gasteiger partial charge in [-0.1, -0.05) is 17.7 Å². The smallest absolute Gasteiger partial charge is 0.356 e. The first-order valence-electron chi connectivity index (χ1n) is 7.15. The molecule has 2 heterocycles. The van der Waals surface area contributed by atoms with Gasteiger partial charge in [0.15, 0.2) is 5.69 Å². The number of aromatic nitrogens is 2. The van der Waals surface area contributed by atoms with Gasteiger partial charge in [0.2, 0.25) is 10.0 Å². The number of aryl methyl sites for hydroxylation is 2. The lowest BCUT2D eigenvalue weighted by Crippen LogP contribution is -2.36. The Bertz CT molecular complexity index is 869. The molecule has 7 nitrogen and oxygen atoms in total. The van der Waals surface area contributed by atoms with E-state index in [4.69, 9.17) is 0 Å². The Labute approximate surface area is 134 Å². The number of fused-ring (bicyclic) bond motifs is 1. The second-order valence-corrected chi connectivity index (χ2v) is 7.54. The SMILES string of the molecule is Cc1ccc(S(=O)(=O)N2CCc3c(c(C(=O)O)nn3C)C2)cc1. The predicted molar refractivity (Wildman–Crippen MR) is 82.6 cm³/mol. The summed E-state index contributed by atoms with van der Waals surface area (Å²) in [5, 5.41) is 13.2. The quantitative estimate of drug-likeness (QED) is 0.909. The first kappa shape index (κ1) is 15.7. The monoisotopic (exact) mass is 335 g/mol. The fraction of sp³-hybridized carbons (Fsp3) is 0.333. The molecule has 0 saturated heterocycles. The zero-order chi connectivity index (χ0) is 16.8. The molecule has 0 spiro atoms. The van der Waals surface area contributed by atoms with Gasteiger partial charge in [0.1, 0.15) is 0 Å². The summed E-state index contributed by atoms with van der Waals surface area (Å²) in [6.45, 7) is 2.22. The van der Waals surface area contributed by atoms with E-state index in [1.54, 1.807) is 31.3 Å². The van der Waals surface area contributed by atoms with Crippen LogP contribution in [0, 0.1) is 6.92 Å². The number of carboxylic acids is 1. The first-order chi connectivity index (χ1) is 10.8. The molecule has 8 heteroatoms. The van der Waals surface area contributed by atoms with Crippen molar-refractivity contribution in [2.75, 3.05) is 6.54 Å². The maximum Gasteiger partial charge on any atom is 0.356 e. The molecule has 0 radical (unpaired) electrons. The number of benzene rings is 1. The highest BCUT2D eigenvalue weighted by molar-refractivity contribution is 7.89. The molecular formula is C15H17N3O4S. The Morgan fingerprint density at radius 3 is 2.52 bits per heavy atom. The van der Waals surface area contributed by atoms with Crippen molar-refractivity contribution in [1.29, 1.82) is 0 Å². The van der Waals surface area contributed by atoms with Crippen molar-refractivity contribution >= 4 is 16.0 Å². The van der Waals surface area contributed by atoms with E-state index in [0.717, 1.165) is 11.3 Å². The minimum atomic E-state index is -3.65. The summed E-state index contributed by atoms with van der Waals surface area (Å²) in [6, 6.07) is 6.63. The number of rotatable bonds is 3. The van der Waals surface area contributed by atoms with Crippen LogP contribution in [-0.2, 0) is 30.0 Å². The van der Waals surface area contributed by atoms with Crippen molar-refractivity contribution in [3.63, 3.8) is 0 Å². The van der Waals surface area contributed by atoms with E-state index in [1.165, 1.54) is 8.99 Å². The van der Waals surface area contributed by atoms with Crippen molar-refractivity contribution < 1.29 is 18.3 Å². The fourth-order valence-electron chi connectivity index (χ4n) is 2.80. The molecular weight excluding hydrogens is 318 g/mol. The second kappa shape index (κ2) is 5.47. The molecule has 1 aromatic carbocycles. The van der Waals surface area contributed by atoms with Gasteiger partial charge in [0, 0.05) is 37.8 Å². The van der Waals surface area contributed by atoms with E-state index in [9.17, 15) is 18.3 Å². The van der Waals surface area contributed by atoms with E-state index >= 15 is 0 Å². The van der Waals surface area contributed by atoms with E-state index < -0.39 is 16.0 Å². The zero-order valence-corrected chi connectivity index (χ0v) is 13.7. The highest BCUT2D eigenvalue weighted by atomic mass is 32.2. The van der Waals surface area contributed by atoms with Gasteiger partial charge in [-0.2, -0.15) is 9.40 Å². The average molecular weight is 335 g/mol. The number of sulfonamides is 1. The summed E-state index contributed by atoms with van der Waals surface area (Å²) in [4.78, 5) is 11.5. The van der Waals surface area contributed by atoms with Gasteiger partial charge in [-0.25, -0.2) is 13.2 Å². The van der Waals surface area contributed by atoms with Crippen LogP contribution in [0.4, 0.5) is 0 Å². The largest absolute Gasteiger partial charge is 0.476 e. The van der Waals surface area contributed by atoms with Crippen LogP contribution in [0.1, 0.15) is 27.3 Å². The molecule has 1 N–H and O–H groups in total. The van der Waals surface area contributed by atoms with Gasteiger partial charge in [-0.3, -0.25) is 4.68 Å². The molecule has 0 fully saturated rings. The van der Waals surface area contributed by atoms with Crippen LogP contribution in [0.15, 0.2) is 29.2 Å². The average Bonchev–Trinajstić information content (AvgIpc) is 2.85. The van der Waals surface area contributed by atoms with Gasteiger partial charge >= 0.3 is 5.97 Å². The van der Waals surface area contributed by atoms with Gasteiger partial charge < -0.3 is 5.11 Å². The fourth-order valence-corrected chi connectivity index (χ4v) is 4.21. The molecule has 3 rings (SSSR count). The Balaban J connectivity index is 1.98. The summed E-state index contributed by atoms with van der Waals surface area (Å²) in [6.07, 6.45) is 0.442. The second-order valence-electron chi connectivity index (χ2n) is 5.60. The van der Waals surface area contributed by atoms with Crippen LogP contribution in [0.25, 0.3) is 0 Å². The van der Waals surface area contributed by atoms with Gasteiger partial charge in [0.25, 0.3) is 0 Å². The maximum atomic E-state index is 12.7. The van der Waals surface area contributed by atoms with Crippen LogP contribution in [0.5, 0.6) is 0 Å². The summed E-state index contributed by atoms with van der Waals surface area (Å²) in [5.41, 5.74) is 2.15. The topological polar surface area (TPSA) is 92.5 Å². The van der Waals surface area contributed by atoms with Gasteiger partial charge in [-0.15, -0.1) is 0 Å². The molecule has 23 heavy (non-hydrogen) atoms. The molecule has 0 atom stereocenters. The predicted octanol–water partition coefficient (Wildman–Crippen LogP) is 1.17. The molecule has 0 saturated carbocycles. The molecule has 1 aromatic heterocycles. The van der Waals surface area contributed by atoms with Crippen molar-refractivity contribution in [3.8, 4) is 0 Å². The Kier molecular flexibility index (Phi) is 3.73. The third kappa shape index (κ3) is 2.64. The Hall–Kier alpha value is -2.19. The molecule has 0 amide bonds. The van der Waals surface area contributed by atoms with Crippen molar-refractivity contribution in [3.05, 3.63) is 46.8 Å². The third-order valence-corrected chi connectivity index (χ3v) is 5.93. The van der Waals surface area contributed by atoms with Crippen LogP contribution in [-0.4, -0.2) is 40.1 Å². The minimum absolute atomic E-state index is 0.0288. The molecule has 122 valence electrons. The summed E-state index contributed by atoms with van der Waals surface area (Å²) >= 11 is 0. The molecule has 1 aliphatic rings. The number of nitrogens with zero attached hydrogens (tertiary/aromatic N) is 3. The number of carboxylic acid groups (broad SMARTS) is 1. The van der Waals surface area contributed by atoms with Crippen LogP contribution >= 0.6 is 0 Å². The summed E-state index contributed by atoms with van der Waals surface area (Å²) < 4.78 is 28.3.